The van der Waals surface area contributed by atoms with Gasteiger partial charge in [0.1, 0.15) is 23.6 Å². The Bertz CT molecular complexity index is 899. The summed E-state index contributed by atoms with van der Waals surface area (Å²) in [6, 6.07) is 11.0. The number of nitrogens with one attached hydrogen (secondary N) is 2. The zero-order valence-corrected chi connectivity index (χ0v) is 14.6. The number of carbonyl (C=O) groups is 1. The molecule has 0 atom stereocenters. The summed E-state index contributed by atoms with van der Waals surface area (Å²) in [5.74, 6) is 0.818. The van der Waals surface area contributed by atoms with E-state index in [1.807, 2.05) is 37.3 Å². The fourth-order valence-electron chi connectivity index (χ4n) is 2.38. The van der Waals surface area contributed by atoms with Gasteiger partial charge in [0.25, 0.3) is 5.91 Å². The zero-order valence-electron chi connectivity index (χ0n) is 14.6. The number of pyridine rings is 1. The lowest BCUT2D eigenvalue weighted by Gasteiger charge is -2.11. The van der Waals surface area contributed by atoms with Crippen LogP contribution in [0.1, 0.15) is 21.6 Å². The van der Waals surface area contributed by atoms with Crippen LogP contribution in [0.2, 0.25) is 0 Å². The van der Waals surface area contributed by atoms with E-state index < -0.39 is 0 Å². The highest BCUT2D eigenvalue weighted by atomic mass is 16.5. The van der Waals surface area contributed by atoms with Crippen LogP contribution in [0.3, 0.4) is 0 Å². The van der Waals surface area contributed by atoms with Crippen LogP contribution in [0.5, 0.6) is 5.75 Å². The maximum Gasteiger partial charge on any atom is 0.274 e. The number of hydrogen-bond acceptors (Lipinski definition) is 6. The minimum atomic E-state index is -0.333. The topological polar surface area (TPSA) is 89.0 Å². The highest BCUT2D eigenvalue weighted by molar-refractivity contribution is 6.04. The average molecular weight is 349 g/mol. The maximum absolute atomic E-state index is 12.5. The van der Waals surface area contributed by atoms with Crippen molar-refractivity contribution in [3.63, 3.8) is 0 Å². The second kappa shape index (κ2) is 8.06. The third-order valence-corrected chi connectivity index (χ3v) is 3.70. The average Bonchev–Trinajstić information content (AvgIpc) is 2.67. The largest absolute Gasteiger partial charge is 0.495 e. The summed E-state index contributed by atoms with van der Waals surface area (Å²) >= 11 is 0. The first-order valence-corrected chi connectivity index (χ1v) is 8.06. The first-order chi connectivity index (χ1) is 12.7. The number of anilines is 2. The molecular weight excluding hydrogens is 330 g/mol. The van der Waals surface area contributed by atoms with Gasteiger partial charge in [-0.15, -0.1) is 0 Å². The number of carbonyl (C=O) groups excluding carboxylic acids is 1. The van der Waals surface area contributed by atoms with Gasteiger partial charge >= 0.3 is 0 Å². The van der Waals surface area contributed by atoms with Crippen LogP contribution in [0.25, 0.3) is 0 Å². The Morgan fingerprint density at radius 2 is 2.08 bits per heavy atom. The zero-order chi connectivity index (χ0) is 18.4. The van der Waals surface area contributed by atoms with Crippen LogP contribution < -0.4 is 15.4 Å². The van der Waals surface area contributed by atoms with Gasteiger partial charge in [-0.1, -0.05) is 12.1 Å². The van der Waals surface area contributed by atoms with E-state index in [0.29, 0.717) is 23.8 Å². The van der Waals surface area contributed by atoms with Crippen molar-refractivity contribution < 1.29 is 9.53 Å². The quantitative estimate of drug-likeness (QED) is 0.711. The Morgan fingerprint density at radius 3 is 2.85 bits per heavy atom. The van der Waals surface area contributed by atoms with Gasteiger partial charge in [-0.05, 0) is 36.2 Å². The molecule has 7 heteroatoms. The molecule has 1 aromatic carbocycles. The lowest BCUT2D eigenvalue weighted by Crippen LogP contribution is -2.15. The van der Waals surface area contributed by atoms with Crippen molar-refractivity contribution in [1.29, 1.82) is 0 Å². The van der Waals surface area contributed by atoms with Crippen LogP contribution in [0.4, 0.5) is 11.5 Å². The first-order valence-electron chi connectivity index (χ1n) is 8.06. The highest BCUT2D eigenvalue weighted by Crippen LogP contribution is 2.25. The van der Waals surface area contributed by atoms with E-state index in [-0.39, 0.29) is 11.6 Å². The standard InChI is InChI=1S/C19H19N5O2/c1-13-5-6-17(26-2)15(8-13)24-19(25)16-9-18(23-12-22-16)21-11-14-4-3-7-20-10-14/h3-10,12H,11H2,1-2H3,(H,24,25)(H,21,22,23). The number of aromatic nitrogens is 3. The molecule has 0 saturated heterocycles. The summed E-state index contributed by atoms with van der Waals surface area (Å²) in [6.45, 7) is 2.50. The number of nitrogens with zero attached hydrogens (tertiary/aromatic N) is 3. The van der Waals surface area contributed by atoms with Crippen molar-refractivity contribution in [3.05, 3.63) is 71.9 Å². The second-order valence-electron chi connectivity index (χ2n) is 5.66. The molecule has 0 spiro atoms. The molecule has 0 radical (unpaired) electrons. The van der Waals surface area contributed by atoms with Crippen LogP contribution in [-0.2, 0) is 6.54 Å². The molecular formula is C19H19N5O2. The van der Waals surface area contributed by atoms with Crippen molar-refractivity contribution in [2.75, 3.05) is 17.7 Å². The number of hydrogen-bond donors (Lipinski definition) is 2. The molecule has 2 heterocycles. The smallest absolute Gasteiger partial charge is 0.274 e. The van der Waals surface area contributed by atoms with Gasteiger partial charge in [0.05, 0.1) is 12.8 Å². The van der Waals surface area contributed by atoms with Crippen molar-refractivity contribution in [2.24, 2.45) is 0 Å². The normalized spacial score (nSPS) is 10.2. The van der Waals surface area contributed by atoms with Crippen LogP contribution in [-0.4, -0.2) is 28.0 Å². The molecule has 3 aromatic rings. The number of ether oxygens (including phenoxy) is 1. The van der Waals surface area contributed by atoms with Gasteiger partial charge < -0.3 is 15.4 Å². The summed E-state index contributed by atoms with van der Waals surface area (Å²) in [5.41, 5.74) is 2.89. The summed E-state index contributed by atoms with van der Waals surface area (Å²) in [4.78, 5) is 24.8. The number of amides is 1. The number of rotatable bonds is 6. The maximum atomic E-state index is 12.5. The lowest BCUT2D eigenvalue weighted by atomic mass is 10.2. The molecule has 0 fully saturated rings. The van der Waals surface area contributed by atoms with E-state index in [1.54, 1.807) is 25.6 Å². The third kappa shape index (κ3) is 4.32. The molecule has 2 N–H and O–H groups in total. The summed E-state index contributed by atoms with van der Waals surface area (Å²) in [5, 5.41) is 5.98. The molecule has 0 aliphatic heterocycles. The van der Waals surface area contributed by atoms with Gasteiger partial charge in [-0.3, -0.25) is 9.78 Å². The second-order valence-corrected chi connectivity index (χ2v) is 5.66. The van der Waals surface area contributed by atoms with Crippen LogP contribution in [0, 0.1) is 6.92 Å². The lowest BCUT2D eigenvalue weighted by molar-refractivity contribution is 0.102. The Hall–Kier alpha value is -3.48. The molecule has 0 saturated carbocycles. The molecule has 2 aromatic heterocycles. The molecule has 1 amide bonds. The van der Waals surface area contributed by atoms with E-state index in [9.17, 15) is 4.79 Å². The highest BCUT2D eigenvalue weighted by Gasteiger charge is 2.12. The fraction of sp³-hybridized carbons (Fsp3) is 0.158. The molecule has 7 nitrogen and oxygen atoms in total. The minimum Gasteiger partial charge on any atom is -0.495 e. The van der Waals surface area contributed by atoms with E-state index in [0.717, 1.165) is 11.1 Å². The Kier molecular flexibility index (Phi) is 5.38. The van der Waals surface area contributed by atoms with Gasteiger partial charge in [-0.2, -0.15) is 0 Å². The molecule has 26 heavy (non-hydrogen) atoms. The summed E-state index contributed by atoms with van der Waals surface area (Å²) < 4.78 is 5.28. The van der Waals surface area contributed by atoms with E-state index in [2.05, 4.69) is 25.6 Å². The van der Waals surface area contributed by atoms with E-state index >= 15 is 0 Å². The Morgan fingerprint density at radius 1 is 1.19 bits per heavy atom. The number of methoxy groups -OCH3 is 1. The van der Waals surface area contributed by atoms with Crippen LogP contribution >= 0.6 is 0 Å². The molecule has 3 rings (SSSR count). The summed E-state index contributed by atoms with van der Waals surface area (Å²) in [6.07, 6.45) is 4.84. The number of aryl methyl sites for hydroxylation is 1. The van der Waals surface area contributed by atoms with Crippen molar-refractivity contribution in [3.8, 4) is 5.75 Å². The molecule has 132 valence electrons. The Labute approximate surface area is 151 Å². The summed E-state index contributed by atoms with van der Waals surface area (Å²) in [7, 11) is 1.56. The van der Waals surface area contributed by atoms with Crippen LogP contribution in [0.15, 0.2) is 55.1 Å². The molecule has 0 unspecified atom stereocenters. The monoisotopic (exact) mass is 349 g/mol. The fourth-order valence-corrected chi connectivity index (χ4v) is 2.38. The van der Waals surface area contributed by atoms with Crippen molar-refractivity contribution in [1.82, 2.24) is 15.0 Å². The first kappa shape index (κ1) is 17.3. The number of benzene rings is 1. The third-order valence-electron chi connectivity index (χ3n) is 3.70. The van der Waals surface area contributed by atoms with Crippen molar-refractivity contribution >= 4 is 17.4 Å². The molecule has 0 aliphatic carbocycles. The van der Waals surface area contributed by atoms with E-state index in [1.165, 1.54) is 6.33 Å². The predicted octanol–water partition coefficient (Wildman–Crippen LogP) is 3.05. The Balaban J connectivity index is 1.71. The van der Waals surface area contributed by atoms with Crippen molar-refractivity contribution in [2.45, 2.75) is 13.5 Å². The molecule has 0 bridgehead atoms. The van der Waals surface area contributed by atoms with Gasteiger partial charge in [0.2, 0.25) is 0 Å². The van der Waals surface area contributed by atoms with Gasteiger partial charge in [0.15, 0.2) is 0 Å². The van der Waals surface area contributed by atoms with E-state index in [4.69, 9.17) is 4.74 Å². The predicted molar refractivity (Wildman–Crippen MR) is 99.3 cm³/mol. The minimum absolute atomic E-state index is 0.261. The molecule has 0 aliphatic rings. The SMILES string of the molecule is COc1ccc(C)cc1NC(=O)c1cc(NCc2cccnc2)ncn1. The van der Waals surface area contributed by atoms with Gasteiger partial charge in [-0.25, -0.2) is 9.97 Å². The van der Waals surface area contributed by atoms with Gasteiger partial charge in [0, 0.05) is 25.0 Å².